The summed E-state index contributed by atoms with van der Waals surface area (Å²) in [5.41, 5.74) is 5.54. The van der Waals surface area contributed by atoms with E-state index in [4.69, 9.17) is 9.97 Å². The summed E-state index contributed by atoms with van der Waals surface area (Å²) in [7, 11) is 0. The van der Waals surface area contributed by atoms with Crippen LogP contribution in [0.1, 0.15) is 243 Å². The van der Waals surface area contributed by atoms with Crippen molar-refractivity contribution in [2.24, 2.45) is 11.8 Å². The minimum atomic E-state index is 0.747. The molecule has 65 heavy (non-hydrogen) atoms. The molecule has 9 heteroatoms. The van der Waals surface area contributed by atoms with Crippen LogP contribution in [-0.4, -0.2) is 18.7 Å². The summed E-state index contributed by atoms with van der Waals surface area (Å²) in [5.74, 6) is 1.49. The zero-order chi connectivity index (χ0) is 45.6. The Morgan fingerprint density at radius 3 is 0.985 bits per heavy atom. The number of fused-ring (bicyclic) bond motifs is 8. The summed E-state index contributed by atoms with van der Waals surface area (Å²) in [6.45, 7) is 9.30. The Bertz CT molecular complexity index is 2120. The van der Waals surface area contributed by atoms with Crippen molar-refractivity contribution in [2.45, 2.75) is 246 Å². The minimum absolute atomic E-state index is 0.747. The lowest BCUT2D eigenvalue weighted by Crippen LogP contribution is -2.04. The van der Waals surface area contributed by atoms with Crippen LogP contribution in [0.2, 0.25) is 0 Å². The van der Waals surface area contributed by atoms with Crippen molar-refractivity contribution < 1.29 is 0 Å². The van der Waals surface area contributed by atoms with Gasteiger partial charge in [0.05, 0.1) is 41.1 Å². The molecule has 4 nitrogen and oxygen atoms in total. The first-order valence-electron chi connectivity index (χ1n) is 27.0. The van der Waals surface area contributed by atoms with Crippen molar-refractivity contribution >= 4 is 120 Å². The summed E-state index contributed by atoms with van der Waals surface area (Å²) >= 11 is 13.3. The van der Waals surface area contributed by atoms with Crippen LogP contribution in [0.5, 0.6) is 0 Å². The molecule has 0 saturated heterocycles. The van der Waals surface area contributed by atoms with E-state index < -0.39 is 0 Å². The first kappa shape index (κ1) is 53.1. The van der Waals surface area contributed by atoms with E-state index >= 15 is 0 Å². The summed E-state index contributed by atoms with van der Waals surface area (Å²) < 4.78 is 14.0. The highest BCUT2D eigenvalue weighted by Gasteiger charge is 2.24. The molecule has 6 aromatic rings. The Hall–Kier alpha value is -1.26. The van der Waals surface area contributed by atoms with E-state index in [0.717, 1.165) is 53.9 Å². The van der Waals surface area contributed by atoms with E-state index in [1.807, 2.05) is 0 Å². The molecule has 4 heterocycles. The number of rotatable bonds is 36. The van der Waals surface area contributed by atoms with Crippen LogP contribution < -0.4 is 0 Å². The first-order chi connectivity index (χ1) is 32.0. The van der Waals surface area contributed by atoms with Gasteiger partial charge in [-0.15, -0.1) is 22.7 Å². The molecule has 0 amide bonds. The highest BCUT2D eigenvalue weighted by atomic mass is 79.9. The van der Waals surface area contributed by atoms with Crippen LogP contribution in [0.15, 0.2) is 21.1 Å². The summed E-state index contributed by atoms with van der Waals surface area (Å²) in [4.78, 5) is 14.2. The number of aromatic nitrogens is 4. The molecule has 6 rings (SSSR count). The SMILES string of the molecule is CCCCCCCCCCC(CCCCCCCC)Cc1cc2c3nc4c(Br)c5nsnc5c(Br)c4nc3c3cc(CC(CCCCCCCC)CCCCCCCCCC)sc3c2s1. The maximum Gasteiger partial charge on any atom is 0.122 e. The molecule has 0 saturated carbocycles. The average molecular weight is 1070 g/mol. The zero-order valence-electron chi connectivity index (χ0n) is 41.1. The van der Waals surface area contributed by atoms with Gasteiger partial charge in [-0.2, -0.15) is 8.75 Å². The van der Waals surface area contributed by atoms with Gasteiger partial charge in [0.25, 0.3) is 0 Å². The lowest BCUT2D eigenvalue weighted by Gasteiger charge is -2.16. The Labute approximate surface area is 423 Å². The summed E-state index contributed by atoms with van der Waals surface area (Å²) in [6, 6.07) is 5.08. The Balaban J connectivity index is 1.30. The van der Waals surface area contributed by atoms with Gasteiger partial charge >= 0.3 is 0 Å². The van der Waals surface area contributed by atoms with Gasteiger partial charge in [0.15, 0.2) is 0 Å². The number of nitrogens with zero attached hydrogens (tertiary/aromatic N) is 4. The van der Waals surface area contributed by atoms with Gasteiger partial charge in [-0.05, 0) is 68.7 Å². The van der Waals surface area contributed by atoms with E-state index in [-0.39, 0.29) is 0 Å². The van der Waals surface area contributed by atoms with Crippen molar-refractivity contribution in [3.8, 4) is 0 Å². The normalized spacial score (nSPS) is 13.2. The molecule has 2 aromatic carbocycles. The van der Waals surface area contributed by atoms with E-state index in [1.165, 1.54) is 260 Å². The molecule has 0 fully saturated rings. The fourth-order valence-electron chi connectivity index (χ4n) is 10.4. The van der Waals surface area contributed by atoms with Gasteiger partial charge in [0.1, 0.15) is 22.1 Å². The number of thiophene rings is 2. The predicted octanol–water partition coefficient (Wildman–Crippen LogP) is 21.6. The average Bonchev–Trinajstić information content (AvgIpc) is 4.09. The number of unbranched alkanes of at least 4 members (excludes halogenated alkanes) is 24. The molecule has 360 valence electrons. The number of hydrogen-bond donors (Lipinski definition) is 0. The van der Waals surface area contributed by atoms with Gasteiger partial charge < -0.3 is 0 Å². The van der Waals surface area contributed by atoms with Crippen molar-refractivity contribution in [3.63, 3.8) is 0 Å². The number of halogens is 2. The van der Waals surface area contributed by atoms with Crippen LogP contribution in [-0.2, 0) is 12.8 Å². The Morgan fingerprint density at radius 1 is 0.385 bits per heavy atom. The second-order valence-electron chi connectivity index (χ2n) is 19.9. The zero-order valence-corrected chi connectivity index (χ0v) is 46.7. The summed E-state index contributed by atoms with van der Waals surface area (Å²) in [5, 5.41) is 2.59. The fraction of sp³-hybridized carbons (Fsp3) is 0.714. The van der Waals surface area contributed by atoms with Gasteiger partial charge in [0.2, 0.25) is 0 Å². The molecule has 0 aliphatic carbocycles. The van der Waals surface area contributed by atoms with Crippen molar-refractivity contribution in [1.82, 2.24) is 18.7 Å². The third-order valence-corrected chi connectivity index (χ3v) is 18.9. The van der Waals surface area contributed by atoms with Crippen LogP contribution in [0.4, 0.5) is 0 Å². The number of benzene rings is 2. The highest BCUT2D eigenvalue weighted by Crippen LogP contribution is 2.46. The van der Waals surface area contributed by atoms with E-state index in [0.29, 0.717) is 0 Å². The molecule has 0 aliphatic heterocycles. The molecule has 0 aliphatic rings. The molecule has 0 radical (unpaired) electrons. The lowest BCUT2D eigenvalue weighted by molar-refractivity contribution is 0.402. The largest absolute Gasteiger partial charge is 0.242 e. The highest BCUT2D eigenvalue weighted by molar-refractivity contribution is 9.11. The van der Waals surface area contributed by atoms with Crippen molar-refractivity contribution in [3.05, 3.63) is 30.8 Å². The fourth-order valence-corrected chi connectivity index (χ4v) is 15.0. The molecule has 0 N–H and O–H groups in total. The molecular formula is C56H84Br2N4S3. The molecule has 0 bridgehead atoms. The van der Waals surface area contributed by atoms with Gasteiger partial charge in [-0.25, -0.2) is 9.97 Å². The Morgan fingerprint density at radius 2 is 0.677 bits per heavy atom. The van der Waals surface area contributed by atoms with E-state index in [1.54, 1.807) is 0 Å². The maximum atomic E-state index is 5.55. The topological polar surface area (TPSA) is 51.6 Å². The van der Waals surface area contributed by atoms with Gasteiger partial charge in [-0.3, -0.25) is 0 Å². The molecule has 0 spiro atoms. The third-order valence-electron chi connectivity index (χ3n) is 14.3. The standard InChI is InChI=1S/C56H84Br2N4S3/c1-5-9-13-17-21-23-27-31-35-41(33-29-25-19-15-11-7-3)37-43-39-45-49-50(60-52-48(58)54-53(61-65-62-54)47(57)51(52)59-49)46-40-44(64-56(46)55(45)63-43)38-42(34-30-26-20-16-12-8-4)36-32-28-24-22-18-14-10-6-2/h39-42H,5-38H2,1-4H3. The predicted molar refractivity (Wildman–Crippen MR) is 299 cm³/mol. The third kappa shape index (κ3) is 15.9. The van der Waals surface area contributed by atoms with Crippen LogP contribution in [0, 0.1) is 11.8 Å². The lowest BCUT2D eigenvalue weighted by atomic mass is 9.90. The monoisotopic (exact) mass is 1070 g/mol. The maximum absolute atomic E-state index is 5.55. The van der Waals surface area contributed by atoms with Gasteiger partial charge in [-0.1, -0.05) is 233 Å². The second-order valence-corrected chi connectivity index (χ2v) is 24.3. The van der Waals surface area contributed by atoms with Crippen LogP contribution >= 0.6 is 66.3 Å². The van der Waals surface area contributed by atoms with Crippen molar-refractivity contribution in [2.75, 3.05) is 0 Å². The smallest absolute Gasteiger partial charge is 0.122 e. The Kier molecular flexibility index (Phi) is 24.3. The van der Waals surface area contributed by atoms with E-state index in [9.17, 15) is 0 Å². The van der Waals surface area contributed by atoms with E-state index in [2.05, 4.69) is 103 Å². The number of hydrogen-bond acceptors (Lipinski definition) is 7. The minimum Gasteiger partial charge on any atom is -0.242 e. The quantitative estimate of drug-likeness (QED) is 0.0291. The molecular weight excluding hydrogens is 985 g/mol. The molecule has 2 atom stereocenters. The second kappa shape index (κ2) is 29.7. The first-order valence-corrected chi connectivity index (χ1v) is 31.0. The van der Waals surface area contributed by atoms with Crippen molar-refractivity contribution in [1.29, 1.82) is 0 Å². The van der Waals surface area contributed by atoms with Crippen LogP contribution in [0.25, 0.3) is 53.3 Å². The summed E-state index contributed by atoms with van der Waals surface area (Å²) in [6.07, 6.45) is 46.6. The molecule has 2 unspecified atom stereocenters. The van der Waals surface area contributed by atoms with Crippen LogP contribution in [0.3, 0.4) is 0 Å². The van der Waals surface area contributed by atoms with Gasteiger partial charge in [0, 0.05) is 20.5 Å². The molecule has 4 aromatic heterocycles.